The number of methoxy groups -OCH3 is 1. The number of rotatable bonds is 6. The Kier molecular flexibility index (Phi) is 5.21. The number of para-hydroxylation sites is 1. The molecule has 0 radical (unpaired) electrons. The molecule has 148 valence electrons. The maximum atomic E-state index is 13.3. The molecule has 1 aliphatic carbocycles. The van der Waals surface area contributed by atoms with Gasteiger partial charge in [0, 0.05) is 25.1 Å². The topological polar surface area (TPSA) is 58.6 Å². The summed E-state index contributed by atoms with van der Waals surface area (Å²) in [5, 5.41) is 4.93. The van der Waals surface area contributed by atoms with Crippen molar-refractivity contribution in [2.75, 3.05) is 19.5 Å². The van der Waals surface area contributed by atoms with Gasteiger partial charge in [-0.25, -0.2) is 0 Å². The van der Waals surface area contributed by atoms with E-state index in [-0.39, 0.29) is 17.7 Å². The Morgan fingerprint density at radius 1 is 1.03 bits per heavy atom. The van der Waals surface area contributed by atoms with Gasteiger partial charge in [-0.1, -0.05) is 42.5 Å². The zero-order chi connectivity index (χ0) is 20.4. The van der Waals surface area contributed by atoms with Crippen molar-refractivity contribution in [3.8, 4) is 5.75 Å². The molecule has 0 saturated heterocycles. The summed E-state index contributed by atoms with van der Waals surface area (Å²) in [6.07, 6.45) is 1.83. The van der Waals surface area contributed by atoms with Crippen LogP contribution in [-0.4, -0.2) is 30.9 Å². The van der Waals surface area contributed by atoms with Crippen LogP contribution in [-0.2, 0) is 11.3 Å². The van der Waals surface area contributed by atoms with Crippen molar-refractivity contribution in [3.05, 3.63) is 71.8 Å². The van der Waals surface area contributed by atoms with Crippen LogP contribution in [0.15, 0.2) is 60.7 Å². The highest BCUT2D eigenvalue weighted by molar-refractivity contribution is 6.08. The van der Waals surface area contributed by atoms with Gasteiger partial charge in [0.25, 0.3) is 5.91 Å². The largest absolute Gasteiger partial charge is 0.496 e. The fourth-order valence-electron chi connectivity index (χ4n) is 3.47. The van der Waals surface area contributed by atoms with Crippen molar-refractivity contribution < 1.29 is 14.3 Å². The lowest BCUT2D eigenvalue weighted by Gasteiger charge is -2.21. The molecule has 3 aromatic carbocycles. The number of nitrogens with zero attached hydrogens (tertiary/aromatic N) is 1. The quantitative estimate of drug-likeness (QED) is 0.678. The van der Waals surface area contributed by atoms with Crippen LogP contribution in [0.4, 0.5) is 5.69 Å². The third kappa shape index (κ3) is 4.09. The van der Waals surface area contributed by atoms with E-state index in [1.165, 1.54) is 0 Å². The van der Waals surface area contributed by atoms with Crippen molar-refractivity contribution in [2.24, 2.45) is 5.92 Å². The molecule has 29 heavy (non-hydrogen) atoms. The second-order valence-corrected chi connectivity index (χ2v) is 7.48. The lowest BCUT2D eigenvalue weighted by atomic mass is 10.0. The second-order valence-electron chi connectivity index (χ2n) is 7.48. The number of anilines is 1. The van der Waals surface area contributed by atoms with Crippen LogP contribution in [0.5, 0.6) is 5.75 Å². The van der Waals surface area contributed by atoms with E-state index in [0.29, 0.717) is 17.8 Å². The predicted molar refractivity (Wildman–Crippen MR) is 114 cm³/mol. The molecule has 4 rings (SSSR count). The number of carbonyl (C=O) groups excluding carboxylic acids is 2. The van der Waals surface area contributed by atoms with Gasteiger partial charge >= 0.3 is 0 Å². The molecule has 1 aliphatic rings. The maximum absolute atomic E-state index is 13.3. The van der Waals surface area contributed by atoms with Crippen molar-refractivity contribution >= 4 is 28.3 Å². The standard InChI is InChI=1S/C24H24N2O3/c1-26(15-19-9-5-6-10-22(19)29-2)24(28)20-13-17-7-3-4-8-18(17)14-21(20)25-23(27)16-11-12-16/h3-10,13-14,16H,11-12,15H2,1-2H3,(H,25,27). The molecule has 0 heterocycles. The SMILES string of the molecule is COc1ccccc1CN(C)C(=O)c1cc2ccccc2cc1NC(=O)C1CC1. The number of nitrogens with one attached hydrogen (secondary N) is 1. The summed E-state index contributed by atoms with van der Waals surface area (Å²) in [4.78, 5) is 27.3. The zero-order valence-corrected chi connectivity index (χ0v) is 16.6. The summed E-state index contributed by atoms with van der Waals surface area (Å²) in [5.74, 6) is 0.651. The van der Waals surface area contributed by atoms with E-state index in [4.69, 9.17) is 4.74 Å². The molecule has 1 N–H and O–H groups in total. The van der Waals surface area contributed by atoms with Crippen molar-refractivity contribution in [3.63, 3.8) is 0 Å². The van der Waals surface area contributed by atoms with Gasteiger partial charge in [-0.3, -0.25) is 9.59 Å². The molecule has 1 saturated carbocycles. The van der Waals surface area contributed by atoms with Gasteiger partial charge in [0.05, 0.1) is 18.4 Å². The van der Waals surface area contributed by atoms with Gasteiger partial charge in [-0.2, -0.15) is 0 Å². The number of ether oxygens (including phenoxy) is 1. The molecule has 0 spiro atoms. The molecular weight excluding hydrogens is 364 g/mol. The number of hydrogen-bond acceptors (Lipinski definition) is 3. The second kappa shape index (κ2) is 7.95. The Balaban J connectivity index is 1.66. The van der Waals surface area contributed by atoms with Crippen LogP contribution in [0.25, 0.3) is 10.8 Å². The number of amides is 2. The Bertz CT molecular complexity index is 1070. The molecule has 0 unspecified atom stereocenters. The number of hydrogen-bond donors (Lipinski definition) is 1. The zero-order valence-electron chi connectivity index (χ0n) is 16.6. The number of carbonyl (C=O) groups is 2. The number of benzene rings is 3. The molecule has 3 aromatic rings. The maximum Gasteiger partial charge on any atom is 0.256 e. The molecule has 5 heteroatoms. The summed E-state index contributed by atoms with van der Waals surface area (Å²) < 4.78 is 5.40. The minimum Gasteiger partial charge on any atom is -0.496 e. The molecule has 5 nitrogen and oxygen atoms in total. The van der Waals surface area contributed by atoms with Gasteiger partial charge in [0.1, 0.15) is 5.75 Å². The number of fused-ring (bicyclic) bond motifs is 1. The fraction of sp³-hybridized carbons (Fsp3) is 0.250. The van der Waals surface area contributed by atoms with Crippen molar-refractivity contribution in [2.45, 2.75) is 19.4 Å². The van der Waals surface area contributed by atoms with Gasteiger partial charge in [-0.15, -0.1) is 0 Å². The minimum absolute atomic E-state index is 0.0123. The summed E-state index contributed by atoms with van der Waals surface area (Å²) in [7, 11) is 3.38. The van der Waals surface area contributed by atoms with E-state index in [0.717, 1.165) is 34.9 Å². The van der Waals surface area contributed by atoms with E-state index in [1.54, 1.807) is 19.1 Å². The lowest BCUT2D eigenvalue weighted by Crippen LogP contribution is -2.28. The first-order chi connectivity index (χ1) is 14.1. The highest BCUT2D eigenvalue weighted by atomic mass is 16.5. The smallest absolute Gasteiger partial charge is 0.256 e. The van der Waals surface area contributed by atoms with Crippen LogP contribution in [0, 0.1) is 5.92 Å². The predicted octanol–water partition coefficient (Wildman–Crippen LogP) is 4.47. The van der Waals surface area contributed by atoms with E-state index in [1.807, 2.05) is 60.7 Å². The molecule has 1 fully saturated rings. The van der Waals surface area contributed by atoms with E-state index < -0.39 is 0 Å². The van der Waals surface area contributed by atoms with Gasteiger partial charge in [-0.05, 0) is 41.8 Å². The first-order valence-electron chi connectivity index (χ1n) is 9.78. The third-order valence-electron chi connectivity index (χ3n) is 5.27. The minimum atomic E-state index is -0.146. The van der Waals surface area contributed by atoms with Crippen LogP contribution >= 0.6 is 0 Å². The van der Waals surface area contributed by atoms with Crippen LogP contribution in [0.1, 0.15) is 28.8 Å². The Hall–Kier alpha value is -3.34. The summed E-state index contributed by atoms with van der Waals surface area (Å²) in [5.41, 5.74) is 1.99. The van der Waals surface area contributed by atoms with Crippen molar-refractivity contribution in [1.82, 2.24) is 4.90 Å². The summed E-state index contributed by atoms with van der Waals surface area (Å²) in [6, 6.07) is 19.2. The first-order valence-corrected chi connectivity index (χ1v) is 9.78. The highest BCUT2D eigenvalue weighted by Gasteiger charge is 2.30. The first kappa shape index (κ1) is 19.0. The van der Waals surface area contributed by atoms with Crippen LogP contribution in [0.3, 0.4) is 0 Å². The van der Waals surface area contributed by atoms with Crippen molar-refractivity contribution in [1.29, 1.82) is 0 Å². The molecular formula is C24H24N2O3. The van der Waals surface area contributed by atoms with Gasteiger partial charge in [0.15, 0.2) is 0 Å². The average Bonchev–Trinajstić information content (AvgIpc) is 3.58. The molecule has 2 amide bonds. The molecule has 0 atom stereocenters. The summed E-state index contributed by atoms with van der Waals surface area (Å²) >= 11 is 0. The Labute approximate surface area is 170 Å². The fourth-order valence-corrected chi connectivity index (χ4v) is 3.47. The van der Waals surface area contributed by atoms with E-state index >= 15 is 0 Å². The Morgan fingerprint density at radius 3 is 2.38 bits per heavy atom. The van der Waals surface area contributed by atoms with Crippen LogP contribution < -0.4 is 10.1 Å². The molecule has 0 aliphatic heterocycles. The van der Waals surface area contributed by atoms with Crippen LogP contribution in [0.2, 0.25) is 0 Å². The lowest BCUT2D eigenvalue weighted by molar-refractivity contribution is -0.117. The summed E-state index contributed by atoms with van der Waals surface area (Å²) in [6.45, 7) is 0.408. The third-order valence-corrected chi connectivity index (χ3v) is 5.27. The average molecular weight is 388 g/mol. The molecule has 0 bridgehead atoms. The van der Waals surface area contributed by atoms with Gasteiger partial charge < -0.3 is 15.0 Å². The highest BCUT2D eigenvalue weighted by Crippen LogP contribution is 2.32. The van der Waals surface area contributed by atoms with Gasteiger partial charge in [0.2, 0.25) is 5.91 Å². The van der Waals surface area contributed by atoms with E-state index in [2.05, 4.69) is 5.32 Å². The monoisotopic (exact) mass is 388 g/mol. The normalized spacial score (nSPS) is 13.2. The van der Waals surface area contributed by atoms with E-state index in [9.17, 15) is 9.59 Å². The Morgan fingerprint density at radius 2 is 1.69 bits per heavy atom. The molecule has 0 aromatic heterocycles.